The lowest BCUT2D eigenvalue weighted by Gasteiger charge is -2.09. The van der Waals surface area contributed by atoms with Crippen LogP contribution in [0.3, 0.4) is 0 Å². The molecule has 10 nitrogen and oxygen atoms in total. The fraction of sp³-hybridized carbons (Fsp3) is 0.167. The van der Waals surface area contributed by atoms with Crippen LogP contribution >= 0.6 is 0 Å². The molecule has 0 atom stereocenters. The summed E-state index contributed by atoms with van der Waals surface area (Å²) in [5.74, 6) is -1.20. The summed E-state index contributed by atoms with van der Waals surface area (Å²) in [5, 5.41) is 23.2. The van der Waals surface area contributed by atoms with Crippen molar-refractivity contribution in [1.82, 2.24) is 0 Å². The van der Waals surface area contributed by atoms with Crippen molar-refractivity contribution in [2.75, 3.05) is 13.2 Å². The second-order valence-corrected chi connectivity index (χ2v) is 7.13. The normalized spacial score (nSPS) is 10.4. The molecule has 3 aromatic carbocycles. The summed E-state index contributed by atoms with van der Waals surface area (Å²) in [6.07, 6.45) is -0.169. The molecule has 0 spiro atoms. The van der Waals surface area contributed by atoms with Gasteiger partial charge < -0.3 is 9.47 Å². The van der Waals surface area contributed by atoms with Crippen LogP contribution in [0.5, 0.6) is 0 Å². The Kier molecular flexibility index (Phi) is 8.01. The number of hydrogen-bond acceptors (Lipinski definition) is 8. The van der Waals surface area contributed by atoms with E-state index in [0.717, 1.165) is 12.1 Å². The predicted octanol–water partition coefficient (Wildman–Crippen LogP) is 4.30. The topological polar surface area (TPSA) is 139 Å². The maximum absolute atomic E-state index is 12.1. The summed E-state index contributed by atoms with van der Waals surface area (Å²) < 4.78 is 10.3. The summed E-state index contributed by atoms with van der Waals surface area (Å²) >= 11 is 0. The molecule has 0 fully saturated rings. The van der Waals surface area contributed by atoms with Crippen molar-refractivity contribution in [3.63, 3.8) is 0 Å². The Labute approximate surface area is 194 Å². The second kappa shape index (κ2) is 11.3. The molecule has 0 heterocycles. The van der Waals surface area contributed by atoms with Gasteiger partial charge in [0, 0.05) is 36.1 Å². The third-order valence-electron chi connectivity index (χ3n) is 4.90. The fourth-order valence-electron chi connectivity index (χ4n) is 3.23. The van der Waals surface area contributed by atoms with E-state index in [-0.39, 0.29) is 48.6 Å². The molecular weight excluding hydrogens is 444 g/mol. The molecule has 0 aliphatic rings. The van der Waals surface area contributed by atoms with Crippen LogP contribution in [0.25, 0.3) is 0 Å². The van der Waals surface area contributed by atoms with Gasteiger partial charge in [-0.15, -0.1) is 0 Å². The SMILES string of the molecule is O=C(OCCc1cc([N+](=O)[O-])c(CCOC(=O)c2ccccc2)cc1[N+](=O)[O-])c1ccccc1. The zero-order valence-corrected chi connectivity index (χ0v) is 17.9. The van der Waals surface area contributed by atoms with Gasteiger partial charge in [0.1, 0.15) is 0 Å². The Morgan fingerprint density at radius 3 is 1.32 bits per heavy atom. The summed E-state index contributed by atoms with van der Waals surface area (Å²) in [6.45, 7) is -0.389. The number of hydrogen-bond donors (Lipinski definition) is 0. The van der Waals surface area contributed by atoms with E-state index in [2.05, 4.69) is 0 Å². The fourth-order valence-corrected chi connectivity index (χ4v) is 3.23. The molecule has 10 heteroatoms. The van der Waals surface area contributed by atoms with E-state index < -0.39 is 21.8 Å². The van der Waals surface area contributed by atoms with Crippen molar-refractivity contribution in [3.8, 4) is 0 Å². The summed E-state index contributed by atoms with van der Waals surface area (Å²) in [6, 6.07) is 18.6. The van der Waals surface area contributed by atoms with Crippen molar-refractivity contribution in [1.29, 1.82) is 0 Å². The van der Waals surface area contributed by atoms with Gasteiger partial charge in [-0.1, -0.05) is 36.4 Å². The first-order valence-corrected chi connectivity index (χ1v) is 10.3. The highest BCUT2D eigenvalue weighted by Crippen LogP contribution is 2.30. The number of ether oxygens (including phenoxy) is 2. The summed E-state index contributed by atoms with van der Waals surface area (Å²) in [5.41, 5.74) is 0.0773. The van der Waals surface area contributed by atoms with E-state index in [4.69, 9.17) is 9.47 Å². The van der Waals surface area contributed by atoms with Crippen LogP contribution in [0.4, 0.5) is 11.4 Å². The number of esters is 2. The molecule has 0 N–H and O–H groups in total. The molecule has 0 aromatic heterocycles. The highest BCUT2D eigenvalue weighted by Gasteiger charge is 2.24. The zero-order chi connectivity index (χ0) is 24.5. The first-order valence-electron chi connectivity index (χ1n) is 10.3. The van der Waals surface area contributed by atoms with E-state index in [9.17, 15) is 29.8 Å². The monoisotopic (exact) mass is 464 g/mol. The molecule has 3 rings (SSSR count). The van der Waals surface area contributed by atoms with Crippen LogP contribution in [0.2, 0.25) is 0 Å². The molecule has 34 heavy (non-hydrogen) atoms. The van der Waals surface area contributed by atoms with Gasteiger partial charge in [0.05, 0.1) is 34.2 Å². The number of benzene rings is 3. The van der Waals surface area contributed by atoms with Crippen LogP contribution in [0.15, 0.2) is 72.8 Å². The van der Waals surface area contributed by atoms with E-state index in [1.807, 2.05) is 0 Å². The lowest BCUT2D eigenvalue weighted by molar-refractivity contribution is -0.390. The zero-order valence-electron chi connectivity index (χ0n) is 17.9. The van der Waals surface area contributed by atoms with E-state index >= 15 is 0 Å². The largest absolute Gasteiger partial charge is 0.462 e. The first kappa shape index (κ1) is 24.1. The van der Waals surface area contributed by atoms with Gasteiger partial charge in [0.15, 0.2) is 0 Å². The molecule has 0 bridgehead atoms. The smallest absolute Gasteiger partial charge is 0.338 e. The van der Waals surface area contributed by atoms with E-state index in [0.29, 0.717) is 11.1 Å². The molecule has 174 valence electrons. The molecule has 3 aromatic rings. The number of nitro groups is 2. The Bertz CT molecular complexity index is 1100. The molecule has 0 radical (unpaired) electrons. The van der Waals surface area contributed by atoms with E-state index in [1.165, 1.54) is 0 Å². The predicted molar refractivity (Wildman–Crippen MR) is 121 cm³/mol. The van der Waals surface area contributed by atoms with Crippen LogP contribution in [-0.4, -0.2) is 35.0 Å². The van der Waals surface area contributed by atoms with E-state index in [1.54, 1.807) is 60.7 Å². The van der Waals surface area contributed by atoms with Crippen molar-refractivity contribution in [3.05, 3.63) is 115 Å². The molecule has 0 aliphatic carbocycles. The number of carbonyl (C=O) groups is 2. The Balaban J connectivity index is 1.71. The van der Waals surface area contributed by atoms with Gasteiger partial charge in [-0.2, -0.15) is 0 Å². The number of nitrogens with zero attached hydrogens (tertiary/aromatic N) is 2. The van der Waals surface area contributed by atoms with Gasteiger partial charge in [-0.3, -0.25) is 20.2 Å². The van der Waals surface area contributed by atoms with Crippen molar-refractivity contribution in [2.45, 2.75) is 12.8 Å². The summed E-state index contributed by atoms with van der Waals surface area (Å²) in [7, 11) is 0. The number of rotatable bonds is 10. The minimum absolute atomic E-state index is 0.0580. The average Bonchev–Trinajstić information content (AvgIpc) is 2.85. The molecule has 0 saturated carbocycles. The van der Waals surface area contributed by atoms with Crippen molar-refractivity contribution >= 4 is 23.3 Å². The quantitative estimate of drug-likeness (QED) is 0.246. The Hall–Kier alpha value is -4.60. The third-order valence-corrected chi connectivity index (χ3v) is 4.90. The third kappa shape index (κ3) is 6.22. The maximum atomic E-state index is 12.1. The van der Waals surface area contributed by atoms with Crippen LogP contribution in [-0.2, 0) is 22.3 Å². The van der Waals surface area contributed by atoms with Gasteiger partial charge >= 0.3 is 11.9 Å². The average molecular weight is 464 g/mol. The number of carbonyl (C=O) groups excluding carboxylic acids is 2. The lowest BCUT2D eigenvalue weighted by atomic mass is 10.0. The minimum Gasteiger partial charge on any atom is -0.462 e. The van der Waals surface area contributed by atoms with Gasteiger partial charge in [-0.05, 0) is 24.3 Å². The van der Waals surface area contributed by atoms with Crippen LogP contribution in [0.1, 0.15) is 31.8 Å². The highest BCUT2D eigenvalue weighted by atomic mass is 16.6. The molecule has 0 amide bonds. The summed E-state index contributed by atoms with van der Waals surface area (Å²) in [4.78, 5) is 46.0. The standard InChI is InChI=1S/C24H20N2O8/c27-23(17-7-3-1-4-8-17)33-13-11-19-15-22(26(31)32)20(16-21(19)25(29)30)12-14-34-24(28)18-9-5-2-6-10-18/h1-10,15-16H,11-14H2. The second-order valence-electron chi connectivity index (χ2n) is 7.13. The van der Waals surface area contributed by atoms with Gasteiger partial charge in [-0.25, -0.2) is 9.59 Å². The van der Waals surface area contributed by atoms with Gasteiger partial charge in [0.25, 0.3) is 11.4 Å². The number of nitro benzene ring substituents is 2. The maximum Gasteiger partial charge on any atom is 0.338 e. The van der Waals surface area contributed by atoms with Crippen LogP contribution < -0.4 is 0 Å². The first-order chi connectivity index (χ1) is 16.4. The molecular formula is C24H20N2O8. The lowest BCUT2D eigenvalue weighted by Crippen LogP contribution is -2.11. The van der Waals surface area contributed by atoms with Crippen molar-refractivity contribution in [2.24, 2.45) is 0 Å². The molecule has 0 aliphatic heterocycles. The highest BCUT2D eigenvalue weighted by molar-refractivity contribution is 5.89. The minimum atomic E-state index is -0.655. The molecule has 0 saturated heterocycles. The molecule has 0 unspecified atom stereocenters. The van der Waals surface area contributed by atoms with Gasteiger partial charge in [0.2, 0.25) is 0 Å². The Morgan fingerprint density at radius 2 is 1.00 bits per heavy atom. The van der Waals surface area contributed by atoms with Crippen molar-refractivity contribution < 1.29 is 28.9 Å². The van der Waals surface area contributed by atoms with Crippen LogP contribution in [0, 0.1) is 20.2 Å². The Morgan fingerprint density at radius 1 is 0.647 bits per heavy atom.